The SMILES string of the molecule is C=CCN(CC=C)C(=O)c1ccc(N2CCNC2=O)cc1. The van der Waals surface area contributed by atoms with Gasteiger partial charge in [0.1, 0.15) is 0 Å². The Morgan fingerprint density at radius 2 is 1.86 bits per heavy atom. The Morgan fingerprint density at radius 3 is 2.33 bits per heavy atom. The molecule has 0 bridgehead atoms. The molecule has 0 aliphatic carbocycles. The van der Waals surface area contributed by atoms with Gasteiger partial charge in [0, 0.05) is 37.4 Å². The summed E-state index contributed by atoms with van der Waals surface area (Å²) in [4.78, 5) is 27.3. The zero-order valence-electron chi connectivity index (χ0n) is 11.9. The molecule has 3 amide bonds. The second kappa shape index (κ2) is 6.74. The molecule has 0 radical (unpaired) electrons. The Balaban J connectivity index is 2.13. The number of benzene rings is 1. The third-order valence-corrected chi connectivity index (χ3v) is 3.27. The quantitative estimate of drug-likeness (QED) is 0.813. The molecule has 0 aromatic heterocycles. The van der Waals surface area contributed by atoms with Crippen molar-refractivity contribution in [3.63, 3.8) is 0 Å². The lowest BCUT2D eigenvalue weighted by Gasteiger charge is -2.20. The molecule has 1 fully saturated rings. The molecular weight excluding hydrogens is 266 g/mol. The molecular formula is C16H19N3O2. The van der Waals surface area contributed by atoms with E-state index in [9.17, 15) is 9.59 Å². The molecule has 0 atom stereocenters. The van der Waals surface area contributed by atoms with Crippen LogP contribution in [0.1, 0.15) is 10.4 Å². The maximum Gasteiger partial charge on any atom is 0.321 e. The average Bonchev–Trinajstić information content (AvgIpc) is 2.93. The van der Waals surface area contributed by atoms with Crippen LogP contribution in [-0.2, 0) is 0 Å². The molecule has 1 aliphatic heterocycles. The largest absolute Gasteiger partial charge is 0.336 e. The fourth-order valence-corrected chi connectivity index (χ4v) is 2.24. The summed E-state index contributed by atoms with van der Waals surface area (Å²) in [5.74, 6) is -0.0766. The number of carbonyl (C=O) groups excluding carboxylic acids is 2. The van der Waals surface area contributed by atoms with Crippen molar-refractivity contribution in [2.45, 2.75) is 0 Å². The van der Waals surface area contributed by atoms with E-state index in [1.54, 1.807) is 46.2 Å². The first kappa shape index (κ1) is 14.8. The van der Waals surface area contributed by atoms with Gasteiger partial charge in [0.2, 0.25) is 0 Å². The molecule has 1 aromatic rings. The highest BCUT2D eigenvalue weighted by Gasteiger charge is 2.21. The topological polar surface area (TPSA) is 52.7 Å². The number of amides is 3. The predicted octanol–water partition coefficient (Wildman–Crippen LogP) is 2.03. The van der Waals surface area contributed by atoms with Gasteiger partial charge < -0.3 is 10.2 Å². The third kappa shape index (κ3) is 3.31. The molecule has 5 nitrogen and oxygen atoms in total. The van der Waals surface area contributed by atoms with Gasteiger partial charge >= 0.3 is 6.03 Å². The third-order valence-electron chi connectivity index (χ3n) is 3.27. The van der Waals surface area contributed by atoms with Gasteiger partial charge in [-0.2, -0.15) is 0 Å². The fourth-order valence-electron chi connectivity index (χ4n) is 2.24. The van der Waals surface area contributed by atoms with Crippen LogP contribution in [0, 0.1) is 0 Å². The van der Waals surface area contributed by atoms with E-state index in [0.717, 1.165) is 5.69 Å². The van der Waals surface area contributed by atoms with E-state index in [0.29, 0.717) is 31.7 Å². The lowest BCUT2D eigenvalue weighted by Crippen LogP contribution is -2.31. The summed E-state index contributed by atoms with van der Waals surface area (Å²) in [5, 5.41) is 2.75. The summed E-state index contributed by atoms with van der Waals surface area (Å²) in [6, 6.07) is 6.95. The van der Waals surface area contributed by atoms with Crippen LogP contribution < -0.4 is 10.2 Å². The van der Waals surface area contributed by atoms with Crippen LogP contribution in [0.4, 0.5) is 10.5 Å². The first-order valence-electron chi connectivity index (χ1n) is 6.84. The molecule has 5 heteroatoms. The summed E-state index contributed by atoms with van der Waals surface area (Å²) in [6.45, 7) is 9.54. The summed E-state index contributed by atoms with van der Waals surface area (Å²) < 4.78 is 0. The van der Waals surface area contributed by atoms with Gasteiger partial charge in [0.25, 0.3) is 5.91 Å². The smallest absolute Gasteiger partial charge is 0.321 e. The molecule has 1 N–H and O–H groups in total. The lowest BCUT2D eigenvalue weighted by molar-refractivity contribution is 0.0791. The van der Waals surface area contributed by atoms with Crippen molar-refractivity contribution in [1.29, 1.82) is 0 Å². The van der Waals surface area contributed by atoms with Crippen LogP contribution in [0.2, 0.25) is 0 Å². The lowest BCUT2D eigenvalue weighted by atomic mass is 10.1. The Hall–Kier alpha value is -2.56. The Bertz CT molecular complexity index is 541. The van der Waals surface area contributed by atoms with Crippen molar-refractivity contribution < 1.29 is 9.59 Å². The minimum Gasteiger partial charge on any atom is -0.336 e. The predicted molar refractivity (Wildman–Crippen MR) is 83.5 cm³/mol. The molecule has 1 aromatic carbocycles. The Morgan fingerprint density at radius 1 is 1.24 bits per heavy atom. The Kier molecular flexibility index (Phi) is 4.77. The normalized spacial score (nSPS) is 13.7. The van der Waals surface area contributed by atoms with E-state index < -0.39 is 0 Å². The minimum absolute atomic E-state index is 0.0766. The summed E-state index contributed by atoms with van der Waals surface area (Å²) in [5.41, 5.74) is 1.38. The van der Waals surface area contributed by atoms with Crippen molar-refractivity contribution in [3.05, 3.63) is 55.1 Å². The van der Waals surface area contributed by atoms with Gasteiger partial charge in [0.15, 0.2) is 0 Å². The first-order valence-corrected chi connectivity index (χ1v) is 6.84. The van der Waals surface area contributed by atoms with E-state index in [2.05, 4.69) is 18.5 Å². The summed E-state index contributed by atoms with van der Waals surface area (Å²) in [7, 11) is 0. The second-order valence-corrected chi connectivity index (χ2v) is 4.72. The number of hydrogen-bond donors (Lipinski definition) is 1. The van der Waals surface area contributed by atoms with Crippen molar-refractivity contribution >= 4 is 17.6 Å². The molecule has 1 heterocycles. The highest BCUT2D eigenvalue weighted by atomic mass is 16.2. The van der Waals surface area contributed by atoms with Crippen LogP contribution in [-0.4, -0.2) is 43.0 Å². The molecule has 0 saturated carbocycles. The van der Waals surface area contributed by atoms with Gasteiger partial charge in [-0.05, 0) is 24.3 Å². The van der Waals surface area contributed by atoms with Crippen LogP contribution in [0.25, 0.3) is 0 Å². The van der Waals surface area contributed by atoms with E-state index in [4.69, 9.17) is 0 Å². The molecule has 110 valence electrons. The van der Waals surface area contributed by atoms with Crippen molar-refractivity contribution in [2.75, 3.05) is 31.1 Å². The average molecular weight is 285 g/mol. The van der Waals surface area contributed by atoms with E-state index in [1.165, 1.54) is 0 Å². The number of anilines is 1. The molecule has 1 aliphatic rings. The molecule has 0 unspecified atom stereocenters. The fraction of sp³-hybridized carbons (Fsp3) is 0.250. The van der Waals surface area contributed by atoms with Gasteiger partial charge in [-0.1, -0.05) is 12.2 Å². The van der Waals surface area contributed by atoms with Crippen LogP contribution in [0.15, 0.2) is 49.6 Å². The zero-order chi connectivity index (χ0) is 15.2. The standard InChI is InChI=1S/C16H19N3O2/c1-3-10-18(11-4-2)15(20)13-5-7-14(8-6-13)19-12-9-17-16(19)21/h3-8H,1-2,9-12H2,(H,17,21). The van der Waals surface area contributed by atoms with Crippen LogP contribution >= 0.6 is 0 Å². The number of nitrogens with zero attached hydrogens (tertiary/aromatic N) is 2. The van der Waals surface area contributed by atoms with Crippen molar-refractivity contribution in [2.24, 2.45) is 0 Å². The second-order valence-electron chi connectivity index (χ2n) is 4.72. The molecule has 2 rings (SSSR count). The number of hydrogen-bond acceptors (Lipinski definition) is 2. The molecule has 0 spiro atoms. The van der Waals surface area contributed by atoms with Gasteiger partial charge in [-0.15, -0.1) is 13.2 Å². The molecule has 21 heavy (non-hydrogen) atoms. The maximum absolute atomic E-state index is 12.4. The number of rotatable bonds is 6. The Labute approximate surface area is 124 Å². The highest BCUT2D eigenvalue weighted by molar-refractivity contribution is 5.97. The first-order chi connectivity index (χ1) is 10.2. The van der Waals surface area contributed by atoms with Crippen LogP contribution in [0.3, 0.4) is 0 Å². The summed E-state index contributed by atoms with van der Waals surface area (Å²) >= 11 is 0. The maximum atomic E-state index is 12.4. The molecule has 1 saturated heterocycles. The van der Waals surface area contributed by atoms with E-state index in [-0.39, 0.29) is 11.9 Å². The van der Waals surface area contributed by atoms with Crippen molar-refractivity contribution in [3.8, 4) is 0 Å². The van der Waals surface area contributed by atoms with Gasteiger partial charge in [-0.3, -0.25) is 9.69 Å². The van der Waals surface area contributed by atoms with Gasteiger partial charge in [-0.25, -0.2) is 4.79 Å². The van der Waals surface area contributed by atoms with Crippen molar-refractivity contribution in [1.82, 2.24) is 10.2 Å². The van der Waals surface area contributed by atoms with Gasteiger partial charge in [0.05, 0.1) is 0 Å². The highest BCUT2D eigenvalue weighted by Crippen LogP contribution is 2.18. The number of nitrogens with one attached hydrogen (secondary N) is 1. The monoisotopic (exact) mass is 285 g/mol. The van der Waals surface area contributed by atoms with Crippen LogP contribution in [0.5, 0.6) is 0 Å². The number of urea groups is 1. The van der Waals surface area contributed by atoms with E-state index in [1.807, 2.05) is 0 Å². The summed E-state index contributed by atoms with van der Waals surface area (Å²) in [6.07, 6.45) is 3.37. The van der Waals surface area contributed by atoms with E-state index >= 15 is 0 Å². The zero-order valence-corrected chi connectivity index (χ0v) is 11.9. The minimum atomic E-state index is -0.103. The number of carbonyl (C=O) groups is 2.